The summed E-state index contributed by atoms with van der Waals surface area (Å²) in [5, 5.41) is -1.65. The Labute approximate surface area is 86.7 Å². The van der Waals surface area contributed by atoms with E-state index in [-0.39, 0.29) is 5.54 Å². The zero-order valence-electron chi connectivity index (χ0n) is 8.67. The summed E-state index contributed by atoms with van der Waals surface area (Å²) < 4.78 is 0. The van der Waals surface area contributed by atoms with Gasteiger partial charge in [-0.1, -0.05) is 17.0 Å². The Kier molecular flexibility index (Phi) is 2.48. The summed E-state index contributed by atoms with van der Waals surface area (Å²) in [6, 6.07) is 0. The lowest BCUT2D eigenvalue weighted by Gasteiger charge is -2.43. The molecule has 1 saturated heterocycles. The monoisotopic (exact) mass is 167 g/mol. The van der Waals surface area contributed by atoms with Gasteiger partial charge in [0.2, 0.25) is 0 Å². The molecular formula is C8H13B4N. The van der Waals surface area contributed by atoms with Crippen molar-refractivity contribution in [2.75, 3.05) is 6.54 Å². The van der Waals surface area contributed by atoms with Crippen LogP contribution in [0.3, 0.4) is 0 Å². The van der Waals surface area contributed by atoms with Gasteiger partial charge in [-0.2, -0.15) is 0 Å². The molecule has 1 fully saturated rings. The van der Waals surface area contributed by atoms with E-state index in [0.29, 0.717) is 13.0 Å². The zero-order valence-corrected chi connectivity index (χ0v) is 8.67. The van der Waals surface area contributed by atoms with Crippen LogP contribution in [0.25, 0.3) is 0 Å². The van der Waals surface area contributed by atoms with Gasteiger partial charge in [-0.05, 0) is 27.3 Å². The molecule has 5 heteroatoms. The smallest absolute Gasteiger partial charge is 0.0824 e. The van der Waals surface area contributed by atoms with Gasteiger partial charge in [-0.15, -0.1) is 0 Å². The van der Waals surface area contributed by atoms with Crippen LogP contribution >= 0.6 is 0 Å². The summed E-state index contributed by atoms with van der Waals surface area (Å²) in [6.07, 6.45) is 0.414. The summed E-state index contributed by atoms with van der Waals surface area (Å²) in [6.45, 7) is 6.66. The number of nitrogens with zero attached hydrogens (tertiary/aromatic N) is 1. The lowest BCUT2D eigenvalue weighted by atomic mass is 9.47. The zero-order chi connectivity index (χ0) is 10.5. The second-order valence-electron chi connectivity index (χ2n) is 5.16. The molecule has 0 amide bonds. The maximum atomic E-state index is 5.93. The van der Waals surface area contributed by atoms with Crippen molar-refractivity contribution >= 4 is 31.4 Å². The second kappa shape index (κ2) is 2.85. The van der Waals surface area contributed by atoms with Crippen molar-refractivity contribution in [2.45, 2.75) is 43.3 Å². The molecule has 0 unspecified atom stereocenters. The van der Waals surface area contributed by atoms with Crippen LogP contribution in [0.4, 0.5) is 0 Å². The third-order valence-corrected chi connectivity index (χ3v) is 2.38. The first-order valence-electron chi connectivity index (χ1n) is 4.48. The Hall–Kier alpha value is 0.220. The quantitative estimate of drug-likeness (QED) is 0.456. The van der Waals surface area contributed by atoms with Crippen molar-refractivity contribution in [3.05, 3.63) is 0 Å². The van der Waals surface area contributed by atoms with E-state index in [9.17, 15) is 0 Å². The minimum absolute atomic E-state index is 0.107. The fraction of sp³-hybridized carbons (Fsp3) is 1.00. The first-order valence-corrected chi connectivity index (χ1v) is 4.48. The van der Waals surface area contributed by atoms with Gasteiger partial charge in [-0.3, -0.25) is 0 Å². The molecule has 0 N–H and O–H groups in total. The molecule has 1 aliphatic rings. The first kappa shape index (κ1) is 11.3. The van der Waals surface area contributed by atoms with Crippen molar-refractivity contribution in [3.8, 4) is 0 Å². The third-order valence-electron chi connectivity index (χ3n) is 2.38. The van der Waals surface area contributed by atoms with Gasteiger partial charge in [0.15, 0.2) is 0 Å². The van der Waals surface area contributed by atoms with Gasteiger partial charge in [0, 0.05) is 5.54 Å². The second-order valence-corrected chi connectivity index (χ2v) is 5.16. The van der Waals surface area contributed by atoms with Crippen molar-refractivity contribution < 1.29 is 0 Å². The van der Waals surface area contributed by atoms with E-state index in [1.807, 2.05) is 25.7 Å². The Bertz CT molecular complexity index is 207. The molecule has 13 heavy (non-hydrogen) atoms. The largest absolute Gasteiger partial charge is 0.311 e. The summed E-state index contributed by atoms with van der Waals surface area (Å²) >= 11 is 0. The van der Waals surface area contributed by atoms with Crippen molar-refractivity contribution in [2.24, 2.45) is 0 Å². The van der Waals surface area contributed by atoms with Gasteiger partial charge >= 0.3 is 0 Å². The topological polar surface area (TPSA) is 3.24 Å². The molecule has 1 nitrogen and oxygen atoms in total. The van der Waals surface area contributed by atoms with Gasteiger partial charge < -0.3 is 4.90 Å². The molecule has 0 aliphatic carbocycles. The molecule has 0 atom stereocenters. The highest BCUT2D eigenvalue weighted by Crippen LogP contribution is 2.42. The van der Waals surface area contributed by atoms with Gasteiger partial charge in [0.05, 0.1) is 31.4 Å². The summed E-state index contributed by atoms with van der Waals surface area (Å²) in [4.78, 5) is 1.94. The van der Waals surface area contributed by atoms with Gasteiger partial charge in [0.25, 0.3) is 0 Å². The van der Waals surface area contributed by atoms with E-state index in [4.69, 9.17) is 31.4 Å². The van der Waals surface area contributed by atoms with E-state index in [0.717, 1.165) is 0 Å². The van der Waals surface area contributed by atoms with Crippen LogP contribution in [0, 0.1) is 0 Å². The minimum Gasteiger partial charge on any atom is -0.311 e. The fourth-order valence-electron chi connectivity index (χ4n) is 1.98. The molecule has 0 aromatic heterocycles. The molecule has 0 aromatic carbocycles. The molecule has 8 radical (unpaired) electrons. The highest BCUT2D eigenvalue weighted by Gasteiger charge is 2.45. The fourth-order valence-corrected chi connectivity index (χ4v) is 1.98. The summed E-state index contributed by atoms with van der Waals surface area (Å²) in [5.41, 5.74) is -0.107. The van der Waals surface area contributed by atoms with Crippen LogP contribution in [0.15, 0.2) is 0 Å². The average molecular weight is 166 g/mol. The van der Waals surface area contributed by atoms with Crippen LogP contribution in [0.2, 0.25) is 5.21 Å². The predicted molar refractivity (Wildman–Crippen MR) is 59.5 cm³/mol. The summed E-state index contributed by atoms with van der Waals surface area (Å²) in [7, 11) is 23.5. The number of likely N-dealkylation sites (tertiary alicyclic amines) is 1. The van der Waals surface area contributed by atoms with E-state index in [2.05, 4.69) is 0 Å². The highest BCUT2D eigenvalue weighted by atomic mass is 15.2. The van der Waals surface area contributed by atoms with Crippen LogP contribution in [0.5, 0.6) is 0 Å². The SMILES string of the molecule is [B]C1([B])CN(C(C)(C)C)C([B])([B])C1. The van der Waals surface area contributed by atoms with E-state index in [1.165, 1.54) is 0 Å². The van der Waals surface area contributed by atoms with E-state index >= 15 is 0 Å². The first-order chi connectivity index (χ1) is 5.55. The van der Waals surface area contributed by atoms with Gasteiger partial charge in [0.1, 0.15) is 0 Å². The predicted octanol–water partition coefficient (Wildman–Crippen LogP) is -0.0654. The van der Waals surface area contributed by atoms with Crippen LogP contribution in [0.1, 0.15) is 27.2 Å². The van der Waals surface area contributed by atoms with Crippen LogP contribution in [-0.4, -0.2) is 53.7 Å². The number of rotatable bonds is 0. The van der Waals surface area contributed by atoms with E-state index in [1.54, 1.807) is 0 Å². The Morgan fingerprint density at radius 3 is 1.69 bits per heavy atom. The standard InChI is InChI=1S/C8H13B4N/c1-6(2,3)13-5-7(9,10)4-8(13,11)12/h4-5H2,1-3H3. The van der Waals surface area contributed by atoms with Crippen molar-refractivity contribution in [1.29, 1.82) is 0 Å². The molecule has 0 spiro atoms. The molecule has 1 rings (SSSR count). The molecule has 1 heterocycles. The molecule has 1 aliphatic heterocycles. The molecule has 0 saturated carbocycles. The lowest BCUT2D eigenvalue weighted by Crippen LogP contribution is -2.54. The average Bonchev–Trinajstić information content (AvgIpc) is 1.97. The highest BCUT2D eigenvalue weighted by molar-refractivity contribution is 6.45. The van der Waals surface area contributed by atoms with Crippen LogP contribution in [-0.2, 0) is 0 Å². The molecule has 0 aromatic rings. The summed E-state index contributed by atoms with van der Waals surface area (Å²) in [5.74, 6) is 0. The van der Waals surface area contributed by atoms with E-state index < -0.39 is 10.6 Å². The molecular weight excluding hydrogens is 153 g/mol. The molecule has 0 bridgehead atoms. The lowest BCUT2D eigenvalue weighted by molar-refractivity contribution is 0.137. The Balaban J connectivity index is 2.89. The third kappa shape index (κ3) is 2.37. The van der Waals surface area contributed by atoms with Crippen LogP contribution < -0.4 is 0 Å². The number of hydrogen-bond acceptors (Lipinski definition) is 1. The van der Waals surface area contributed by atoms with Crippen molar-refractivity contribution in [1.82, 2.24) is 4.90 Å². The maximum Gasteiger partial charge on any atom is 0.0824 e. The Morgan fingerprint density at radius 2 is 1.54 bits per heavy atom. The normalized spacial score (nSPS) is 27.6. The number of hydrogen-bond donors (Lipinski definition) is 0. The minimum atomic E-state index is -0.887. The maximum absolute atomic E-state index is 5.93. The Morgan fingerprint density at radius 1 is 1.08 bits per heavy atom. The molecule has 62 valence electrons. The van der Waals surface area contributed by atoms with Gasteiger partial charge in [-0.25, -0.2) is 0 Å². The van der Waals surface area contributed by atoms with Crippen molar-refractivity contribution in [3.63, 3.8) is 0 Å².